The molecule has 7 heteroatoms. The maximum absolute atomic E-state index is 13.3. The first kappa shape index (κ1) is 10.5. The van der Waals surface area contributed by atoms with Gasteiger partial charge < -0.3 is 11.1 Å². The lowest BCUT2D eigenvalue weighted by atomic mass is 10.2. The largest absolute Gasteiger partial charge is 0.399 e. The second-order valence-corrected chi connectivity index (χ2v) is 3.76. The fourth-order valence-corrected chi connectivity index (χ4v) is 1.49. The number of carbonyl (C=O) groups excluding carboxylic acids is 1. The van der Waals surface area contributed by atoms with Crippen molar-refractivity contribution in [3.8, 4) is 0 Å². The van der Waals surface area contributed by atoms with Crippen LogP contribution in [0.5, 0.6) is 0 Å². The number of amides is 1. The maximum atomic E-state index is 13.3. The van der Waals surface area contributed by atoms with Gasteiger partial charge in [0.15, 0.2) is 0 Å². The first-order chi connectivity index (χ1) is 7.66. The number of anilines is 2. The van der Waals surface area contributed by atoms with E-state index in [-0.39, 0.29) is 5.69 Å². The molecule has 0 saturated carbocycles. The highest BCUT2D eigenvalue weighted by Crippen LogP contribution is 2.18. The van der Waals surface area contributed by atoms with Gasteiger partial charge in [0, 0.05) is 5.69 Å². The topological polar surface area (TPSA) is 80.9 Å². The van der Waals surface area contributed by atoms with E-state index in [1.165, 1.54) is 18.3 Å². The summed E-state index contributed by atoms with van der Waals surface area (Å²) in [6, 6.07) is 4.04. The van der Waals surface area contributed by atoms with Crippen molar-refractivity contribution in [1.82, 2.24) is 9.59 Å². The van der Waals surface area contributed by atoms with Gasteiger partial charge in [-0.15, -0.1) is 5.10 Å². The van der Waals surface area contributed by atoms with E-state index in [0.29, 0.717) is 10.6 Å². The summed E-state index contributed by atoms with van der Waals surface area (Å²) in [5, 5.41) is 5.92. The van der Waals surface area contributed by atoms with Crippen molar-refractivity contribution in [3.63, 3.8) is 0 Å². The fraction of sp³-hybridized carbons (Fsp3) is 0. The van der Waals surface area contributed by atoms with Crippen LogP contribution in [0.25, 0.3) is 0 Å². The monoisotopic (exact) mass is 238 g/mol. The van der Waals surface area contributed by atoms with Gasteiger partial charge in [0.1, 0.15) is 10.7 Å². The van der Waals surface area contributed by atoms with Crippen LogP contribution in [0.15, 0.2) is 24.4 Å². The maximum Gasteiger partial charge on any atom is 0.269 e. The number of rotatable bonds is 2. The van der Waals surface area contributed by atoms with Gasteiger partial charge in [0.2, 0.25) is 0 Å². The summed E-state index contributed by atoms with van der Waals surface area (Å²) in [5.74, 6) is -1.02. The van der Waals surface area contributed by atoms with E-state index in [4.69, 9.17) is 5.73 Å². The Labute approximate surface area is 94.3 Å². The van der Waals surface area contributed by atoms with Crippen molar-refractivity contribution < 1.29 is 9.18 Å². The second kappa shape index (κ2) is 4.23. The van der Waals surface area contributed by atoms with E-state index in [1.54, 1.807) is 0 Å². The third-order valence-corrected chi connectivity index (χ3v) is 2.49. The molecule has 16 heavy (non-hydrogen) atoms. The van der Waals surface area contributed by atoms with Gasteiger partial charge in [0.05, 0.1) is 11.9 Å². The molecular formula is C9H7FN4OS. The molecule has 0 radical (unpaired) electrons. The van der Waals surface area contributed by atoms with Crippen LogP contribution in [0.1, 0.15) is 9.67 Å². The number of nitrogen functional groups attached to an aromatic ring is 1. The van der Waals surface area contributed by atoms with Crippen LogP contribution in [0.3, 0.4) is 0 Å². The summed E-state index contributed by atoms with van der Waals surface area (Å²) in [6.45, 7) is 0. The van der Waals surface area contributed by atoms with Crippen molar-refractivity contribution in [3.05, 3.63) is 35.1 Å². The average molecular weight is 238 g/mol. The van der Waals surface area contributed by atoms with E-state index < -0.39 is 11.7 Å². The first-order valence-electron chi connectivity index (χ1n) is 4.30. The predicted molar refractivity (Wildman–Crippen MR) is 58.7 cm³/mol. The zero-order chi connectivity index (χ0) is 11.5. The molecule has 1 aromatic heterocycles. The predicted octanol–water partition coefficient (Wildman–Crippen LogP) is 1.51. The lowest BCUT2D eigenvalue weighted by Crippen LogP contribution is -2.11. The van der Waals surface area contributed by atoms with E-state index in [9.17, 15) is 9.18 Å². The van der Waals surface area contributed by atoms with Crippen molar-refractivity contribution in [2.24, 2.45) is 0 Å². The molecule has 3 N–H and O–H groups in total. The molecule has 0 atom stereocenters. The van der Waals surface area contributed by atoms with Gasteiger partial charge in [-0.05, 0) is 29.7 Å². The Morgan fingerprint density at radius 3 is 2.94 bits per heavy atom. The zero-order valence-corrected chi connectivity index (χ0v) is 8.79. The summed E-state index contributed by atoms with van der Waals surface area (Å²) in [7, 11) is 0. The summed E-state index contributed by atoms with van der Waals surface area (Å²) >= 11 is 0.939. The normalized spacial score (nSPS) is 10.1. The molecule has 82 valence electrons. The fourth-order valence-electron chi connectivity index (χ4n) is 1.08. The van der Waals surface area contributed by atoms with Crippen molar-refractivity contribution in [2.45, 2.75) is 0 Å². The Balaban J connectivity index is 2.18. The van der Waals surface area contributed by atoms with Gasteiger partial charge in [-0.1, -0.05) is 4.49 Å². The van der Waals surface area contributed by atoms with Crippen LogP contribution in [0.4, 0.5) is 15.8 Å². The van der Waals surface area contributed by atoms with Gasteiger partial charge >= 0.3 is 0 Å². The number of hydrogen-bond acceptors (Lipinski definition) is 5. The molecule has 0 bridgehead atoms. The Morgan fingerprint density at radius 1 is 1.50 bits per heavy atom. The van der Waals surface area contributed by atoms with Gasteiger partial charge in [-0.2, -0.15) is 0 Å². The number of halogens is 1. The zero-order valence-electron chi connectivity index (χ0n) is 7.98. The number of benzene rings is 1. The summed E-state index contributed by atoms with van der Waals surface area (Å²) in [5.41, 5.74) is 5.76. The Morgan fingerprint density at radius 2 is 2.31 bits per heavy atom. The van der Waals surface area contributed by atoms with E-state index >= 15 is 0 Å². The smallest absolute Gasteiger partial charge is 0.269 e. The lowest BCUT2D eigenvalue weighted by Gasteiger charge is -2.04. The Hall–Kier alpha value is -2.02. The number of carbonyl (C=O) groups is 1. The quantitative estimate of drug-likeness (QED) is 0.777. The molecule has 2 aromatic rings. The Bertz CT molecular complexity index is 514. The third kappa shape index (κ3) is 2.14. The molecule has 0 aliphatic heterocycles. The molecule has 2 rings (SSSR count). The minimum atomic E-state index is -0.578. The van der Waals surface area contributed by atoms with E-state index in [0.717, 1.165) is 17.6 Å². The van der Waals surface area contributed by atoms with Crippen LogP contribution in [0.2, 0.25) is 0 Å². The van der Waals surface area contributed by atoms with Gasteiger partial charge in [-0.3, -0.25) is 4.79 Å². The molecule has 1 heterocycles. The summed E-state index contributed by atoms with van der Waals surface area (Å²) in [6.07, 6.45) is 1.31. The molecule has 0 unspecified atom stereocenters. The molecule has 1 amide bonds. The van der Waals surface area contributed by atoms with Crippen molar-refractivity contribution >= 4 is 28.8 Å². The number of nitrogens with one attached hydrogen (secondary N) is 1. The van der Waals surface area contributed by atoms with Crippen LogP contribution < -0.4 is 11.1 Å². The Kier molecular flexibility index (Phi) is 2.78. The minimum Gasteiger partial charge on any atom is -0.399 e. The number of aromatic nitrogens is 2. The summed E-state index contributed by atoms with van der Waals surface area (Å²) in [4.78, 5) is 11.8. The molecule has 0 aliphatic carbocycles. The SMILES string of the molecule is Nc1ccc(NC(=O)c2cnns2)c(F)c1. The number of hydrogen-bond donors (Lipinski definition) is 2. The van der Waals surface area contributed by atoms with Gasteiger partial charge in [0.25, 0.3) is 5.91 Å². The molecule has 0 fully saturated rings. The minimum absolute atomic E-state index is 0.0765. The molecule has 0 spiro atoms. The molecule has 0 aliphatic rings. The summed E-state index contributed by atoms with van der Waals surface area (Å²) < 4.78 is 16.9. The van der Waals surface area contributed by atoms with Crippen molar-refractivity contribution in [2.75, 3.05) is 11.1 Å². The molecule has 0 saturated heterocycles. The van der Waals surface area contributed by atoms with Crippen LogP contribution >= 0.6 is 11.5 Å². The van der Waals surface area contributed by atoms with E-state index in [1.807, 2.05) is 0 Å². The highest BCUT2D eigenvalue weighted by atomic mass is 32.1. The van der Waals surface area contributed by atoms with E-state index in [2.05, 4.69) is 14.9 Å². The molecule has 1 aromatic carbocycles. The van der Waals surface area contributed by atoms with Crippen molar-refractivity contribution in [1.29, 1.82) is 0 Å². The average Bonchev–Trinajstić information content (AvgIpc) is 2.75. The van der Waals surface area contributed by atoms with Crippen LogP contribution in [-0.4, -0.2) is 15.5 Å². The van der Waals surface area contributed by atoms with Crippen LogP contribution in [-0.2, 0) is 0 Å². The highest BCUT2D eigenvalue weighted by Gasteiger charge is 2.11. The third-order valence-electron chi connectivity index (χ3n) is 1.83. The van der Waals surface area contributed by atoms with Gasteiger partial charge in [-0.25, -0.2) is 4.39 Å². The number of nitrogens with zero attached hydrogens (tertiary/aromatic N) is 2. The highest BCUT2D eigenvalue weighted by molar-refractivity contribution is 7.07. The first-order valence-corrected chi connectivity index (χ1v) is 5.08. The molecule has 5 nitrogen and oxygen atoms in total. The molecular weight excluding hydrogens is 231 g/mol. The van der Waals surface area contributed by atoms with Crippen LogP contribution in [0, 0.1) is 5.82 Å². The standard InChI is InChI=1S/C9H7FN4OS/c10-6-3-5(11)1-2-7(6)13-9(15)8-4-12-14-16-8/h1-4H,11H2,(H,13,15). The number of nitrogens with two attached hydrogens (primary N) is 1. The second-order valence-electron chi connectivity index (χ2n) is 2.98. The lowest BCUT2D eigenvalue weighted by molar-refractivity contribution is 0.103.